The van der Waals surface area contributed by atoms with Crippen LogP contribution in [0.15, 0.2) is 30.3 Å². The number of Topliss-reactive ketones (excluding diaryl/α,β-unsaturated/α-hetero) is 1. The molecule has 4 nitrogen and oxygen atoms in total. The lowest BCUT2D eigenvalue weighted by Gasteiger charge is -2.13. The van der Waals surface area contributed by atoms with Gasteiger partial charge in [-0.1, -0.05) is 42.1 Å². The van der Waals surface area contributed by atoms with Crippen molar-refractivity contribution in [2.75, 3.05) is 12.4 Å². The summed E-state index contributed by atoms with van der Waals surface area (Å²) in [6, 6.07) is 8.80. The molecule has 1 aromatic carbocycles. The molecule has 0 aliphatic carbocycles. The summed E-state index contributed by atoms with van der Waals surface area (Å²) in [6.07, 6.45) is 0.0587. The fourth-order valence-electron chi connectivity index (χ4n) is 1.65. The molecule has 0 heterocycles. The molecule has 0 saturated carbocycles. The molecule has 0 aliphatic heterocycles. The second-order valence-electron chi connectivity index (χ2n) is 4.24. The molecule has 0 fully saturated rings. The Hall–Kier alpha value is -1.62. The zero-order valence-corrected chi connectivity index (χ0v) is 12.4. The van der Waals surface area contributed by atoms with E-state index in [0.29, 0.717) is 5.56 Å². The van der Waals surface area contributed by atoms with Crippen molar-refractivity contribution in [1.29, 1.82) is 0 Å². The highest BCUT2D eigenvalue weighted by atomic mass is 32.2. The average molecular weight is 294 g/mol. The topological polar surface area (TPSA) is 60.4 Å². The van der Waals surface area contributed by atoms with Gasteiger partial charge in [-0.3, -0.25) is 14.4 Å². The van der Waals surface area contributed by atoms with Crippen molar-refractivity contribution >= 4 is 28.6 Å². The molecule has 0 saturated heterocycles. The van der Waals surface area contributed by atoms with Crippen LogP contribution >= 0.6 is 11.8 Å². The summed E-state index contributed by atoms with van der Waals surface area (Å²) >= 11 is 1.04. The van der Waals surface area contributed by atoms with Gasteiger partial charge in [0.15, 0.2) is 10.9 Å². The number of ketones is 1. The van der Waals surface area contributed by atoms with E-state index in [2.05, 4.69) is 0 Å². The zero-order valence-electron chi connectivity index (χ0n) is 11.6. The maximum absolute atomic E-state index is 12.1. The van der Waals surface area contributed by atoms with Crippen LogP contribution < -0.4 is 0 Å². The lowest BCUT2D eigenvalue weighted by molar-refractivity contribution is -0.147. The van der Waals surface area contributed by atoms with Gasteiger partial charge in [-0.05, 0) is 6.92 Å². The Bertz CT molecular complexity index is 470. The Morgan fingerprint density at radius 2 is 1.85 bits per heavy atom. The highest BCUT2D eigenvalue weighted by Gasteiger charge is 2.24. The Morgan fingerprint density at radius 1 is 1.20 bits per heavy atom. The molecule has 0 radical (unpaired) electrons. The molecule has 0 spiro atoms. The van der Waals surface area contributed by atoms with Gasteiger partial charge in [0.2, 0.25) is 0 Å². The second-order valence-corrected chi connectivity index (χ2v) is 5.44. The van der Waals surface area contributed by atoms with Crippen LogP contribution in [0.1, 0.15) is 30.6 Å². The summed E-state index contributed by atoms with van der Waals surface area (Å²) in [5.41, 5.74) is 0.564. The standard InChI is InChI=1S/C15H18O4S/c1-3-19-15(18)13(10-20-11(2)16)9-14(17)12-7-5-4-6-8-12/h4-8,13H,3,9-10H2,1-2H3. The first kappa shape index (κ1) is 16.4. The van der Waals surface area contributed by atoms with Crippen LogP contribution in [-0.4, -0.2) is 29.2 Å². The van der Waals surface area contributed by atoms with E-state index in [1.165, 1.54) is 6.92 Å². The molecule has 1 unspecified atom stereocenters. The molecule has 0 N–H and O–H groups in total. The number of thioether (sulfide) groups is 1. The predicted molar refractivity (Wildman–Crippen MR) is 78.7 cm³/mol. The number of carbonyl (C=O) groups is 3. The monoisotopic (exact) mass is 294 g/mol. The Labute approximate surface area is 122 Å². The van der Waals surface area contributed by atoms with Crippen molar-refractivity contribution in [1.82, 2.24) is 0 Å². The fourth-order valence-corrected chi connectivity index (χ4v) is 2.34. The van der Waals surface area contributed by atoms with Gasteiger partial charge in [0.1, 0.15) is 0 Å². The minimum Gasteiger partial charge on any atom is -0.466 e. The van der Waals surface area contributed by atoms with Crippen molar-refractivity contribution < 1.29 is 19.1 Å². The predicted octanol–water partition coefficient (Wildman–Crippen LogP) is 2.72. The first-order chi connectivity index (χ1) is 9.54. The van der Waals surface area contributed by atoms with E-state index in [4.69, 9.17) is 4.74 Å². The molecule has 0 aliphatic rings. The molecule has 1 atom stereocenters. The summed E-state index contributed by atoms with van der Waals surface area (Å²) in [4.78, 5) is 34.9. The summed E-state index contributed by atoms with van der Waals surface area (Å²) in [6.45, 7) is 3.41. The quantitative estimate of drug-likeness (QED) is 0.571. The molecule has 0 aromatic heterocycles. The van der Waals surface area contributed by atoms with Crippen molar-refractivity contribution in [3.63, 3.8) is 0 Å². The third-order valence-electron chi connectivity index (χ3n) is 2.64. The number of ether oxygens (including phenoxy) is 1. The summed E-state index contributed by atoms with van der Waals surface area (Å²) in [7, 11) is 0. The normalized spacial score (nSPS) is 11.7. The Kier molecular flexibility index (Phi) is 7.01. The minimum atomic E-state index is -0.587. The lowest BCUT2D eigenvalue weighted by Crippen LogP contribution is -2.23. The van der Waals surface area contributed by atoms with Crippen molar-refractivity contribution in [3.8, 4) is 0 Å². The van der Waals surface area contributed by atoms with Gasteiger partial charge in [-0.25, -0.2) is 0 Å². The van der Waals surface area contributed by atoms with Gasteiger partial charge in [-0.2, -0.15) is 0 Å². The SMILES string of the molecule is CCOC(=O)C(CSC(C)=O)CC(=O)c1ccccc1. The van der Waals surface area contributed by atoms with Gasteiger partial charge >= 0.3 is 5.97 Å². The number of esters is 1. The van der Waals surface area contributed by atoms with E-state index >= 15 is 0 Å². The maximum atomic E-state index is 12.1. The third-order valence-corrected chi connectivity index (χ3v) is 3.61. The number of hydrogen-bond donors (Lipinski definition) is 0. The maximum Gasteiger partial charge on any atom is 0.310 e. The molecular formula is C15H18O4S. The summed E-state index contributed by atoms with van der Waals surface area (Å²) in [5, 5.41) is -0.0774. The number of rotatable bonds is 7. The highest BCUT2D eigenvalue weighted by molar-refractivity contribution is 8.13. The molecule has 1 aromatic rings. The van der Waals surface area contributed by atoms with Crippen molar-refractivity contribution in [3.05, 3.63) is 35.9 Å². The molecule has 0 amide bonds. The van der Waals surface area contributed by atoms with Crippen LogP contribution in [0.4, 0.5) is 0 Å². The fraction of sp³-hybridized carbons (Fsp3) is 0.400. The van der Waals surface area contributed by atoms with Crippen LogP contribution in [0.5, 0.6) is 0 Å². The van der Waals surface area contributed by atoms with E-state index in [9.17, 15) is 14.4 Å². The number of benzene rings is 1. The van der Waals surface area contributed by atoms with Gasteiger partial charge < -0.3 is 4.74 Å². The van der Waals surface area contributed by atoms with E-state index in [0.717, 1.165) is 11.8 Å². The van der Waals surface area contributed by atoms with Crippen LogP contribution in [0.2, 0.25) is 0 Å². The van der Waals surface area contributed by atoms with E-state index in [1.54, 1.807) is 31.2 Å². The zero-order chi connectivity index (χ0) is 15.0. The molecule has 20 heavy (non-hydrogen) atoms. The van der Waals surface area contributed by atoms with Gasteiger partial charge in [0.25, 0.3) is 0 Å². The lowest BCUT2D eigenvalue weighted by atomic mass is 10.00. The van der Waals surface area contributed by atoms with E-state index in [-0.39, 0.29) is 29.7 Å². The van der Waals surface area contributed by atoms with E-state index < -0.39 is 11.9 Å². The largest absolute Gasteiger partial charge is 0.466 e. The van der Waals surface area contributed by atoms with Crippen molar-refractivity contribution in [2.24, 2.45) is 5.92 Å². The van der Waals surface area contributed by atoms with E-state index in [1.807, 2.05) is 6.07 Å². The molecule has 1 rings (SSSR count). The highest BCUT2D eigenvalue weighted by Crippen LogP contribution is 2.18. The summed E-state index contributed by atoms with van der Waals surface area (Å²) in [5.74, 6) is -0.859. The Morgan fingerprint density at radius 3 is 2.40 bits per heavy atom. The number of hydrogen-bond acceptors (Lipinski definition) is 5. The molecule has 0 bridgehead atoms. The minimum absolute atomic E-state index is 0.0587. The van der Waals surface area contributed by atoms with Crippen LogP contribution in [0, 0.1) is 5.92 Å². The Balaban J connectivity index is 2.70. The number of carbonyl (C=O) groups excluding carboxylic acids is 3. The third kappa shape index (κ3) is 5.57. The van der Waals surface area contributed by atoms with Gasteiger partial charge in [-0.15, -0.1) is 0 Å². The van der Waals surface area contributed by atoms with Crippen molar-refractivity contribution in [2.45, 2.75) is 20.3 Å². The average Bonchev–Trinajstić information content (AvgIpc) is 2.44. The first-order valence-electron chi connectivity index (χ1n) is 6.42. The van der Waals surface area contributed by atoms with Crippen LogP contribution in [0.25, 0.3) is 0 Å². The van der Waals surface area contributed by atoms with Gasteiger partial charge in [0, 0.05) is 24.7 Å². The molecule has 108 valence electrons. The summed E-state index contributed by atoms with van der Waals surface area (Å²) < 4.78 is 4.96. The first-order valence-corrected chi connectivity index (χ1v) is 7.41. The molecular weight excluding hydrogens is 276 g/mol. The van der Waals surface area contributed by atoms with Crippen LogP contribution in [0.3, 0.4) is 0 Å². The van der Waals surface area contributed by atoms with Gasteiger partial charge in [0.05, 0.1) is 12.5 Å². The second kappa shape index (κ2) is 8.53. The van der Waals surface area contributed by atoms with Crippen LogP contribution in [-0.2, 0) is 14.3 Å². The molecule has 5 heteroatoms. The smallest absolute Gasteiger partial charge is 0.310 e.